The zero-order chi connectivity index (χ0) is 28.0. The first-order valence-corrected chi connectivity index (χ1v) is 12.4. The van der Waals surface area contributed by atoms with Crippen molar-refractivity contribution in [1.29, 1.82) is 0 Å². The Morgan fingerprint density at radius 3 is 2.40 bits per heavy atom. The molecule has 3 heterocycles. The summed E-state index contributed by atoms with van der Waals surface area (Å²) >= 11 is 0. The summed E-state index contributed by atoms with van der Waals surface area (Å²) in [5, 5.41) is 50.3. The number of ether oxygens (including phenoxy) is 1. The molecule has 3 aromatic carbocycles. The van der Waals surface area contributed by atoms with Gasteiger partial charge < -0.3 is 20.1 Å². The largest absolute Gasteiger partial charge is 0.396 e. The standard InChI is InChI=1S/C27H23F3N6O4/c28-18-10-16(11-19(29)22(18)30)20-12-36(34-32-20)23-24(38)21(7-8-37)40-26(25(23)39)27-33-31-13-35(27)17-6-5-14-3-1-2-4-15(14)9-17/h1-6,9-13,21,23-26,37-39H,7-8H2/t21-,23+,24+,25-,26-/m1/s1. The highest BCUT2D eigenvalue weighted by Crippen LogP contribution is 2.39. The summed E-state index contributed by atoms with van der Waals surface area (Å²) in [5.74, 6) is -4.17. The summed E-state index contributed by atoms with van der Waals surface area (Å²) in [6.45, 7) is -0.314. The average Bonchev–Trinajstić information content (AvgIpc) is 3.64. The first-order valence-electron chi connectivity index (χ1n) is 12.4. The van der Waals surface area contributed by atoms with E-state index in [9.17, 15) is 28.5 Å². The Hall–Kier alpha value is -4.17. The maximum atomic E-state index is 13.8. The van der Waals surface area contributed by atoms with Crippen LogP contribution in [0.4, 0.5) is 13.2 Å². The second kappa shape index (κ2) is 10.4. The van der Waals surface area contributed by atoms with Gasteiger partial charge in [0.2, 0.25) is 0 Å². The van der Waals surface area contributed by atoms with Crippen molar-refractivity contribution < 1.29 is 33.2 Å². The molecule has 5 aromatic rings. The van der Waals surface area contributed by atoms with Crippen LogP contribution in [0.1, 0.15) is 24.4 Å². The Morgan fingerprint density at radius 2 is 1.65 bits per heavy atom. The third kappa shape index (κ3) is 4.52. The first kappa shape index (κ1) is 26.1. The van der Waals surface area contributed by atoms with E-state index in [-0.39, 0.29) is 30.1 Å². The number of aliphatic hydroxyl groups excluding tert-OH is 3. The van der Waals surface area contributed by atoms with Gasteiger partial charge in [-0.05, 0) is 41.5 Å². The molecule has 1 fully saturated rings. The summed E-state index contributed by atoms with van der Waals surface area (Å²) in [6.07, 6.45) is -2.08. The molecule has 0 bridgehead atoms. The number of hydrogen-bond donors (Lipinski definition) is 3. The van der Waals surface area contributed by atoms with Crippen molar-refractivity contribution in [2.45, 2.75) is 36.9 Å². The zero-order valence-corrected chi connectivity index (χ0v) is 20.7. The minimum absolute atomic E-state index is 0.0155. The van der Waals surface area contributed by atoms with E-state index in [2.05, 4.69) is 20.5 Å². The number of fused-ring (bicyclic) bond motifs is 1. The summed E-state index contributed by atoms with van der Waals surface area (Å²) in [5.41, 5.74) is 0.607. The molecule has 0 saturated carbocycles. The van der Waals surface area contributed by atoms with E-state index in [0.29, 0.717) is 5.69 Å². The molecular weight excluding hydrogens is 529 g/mol. The molecule has 1 aliphatic rings. The van der Waals surface area contributed by atoms with Gasteiger partial charge in [-0.2, -0.15) is 0 Å². The average molecular weight is 553 g/mol. The highest BCUT2D eigenvalue weighted by atomic mass is 19.2. The summed E-state index contributed by atoms with van der Waals surface area (Å²) < 4.78 is 49.9. The Bertz CT molecular complexity index is 1650. The maximum absolute atomic E-state index is 13.8. The van der Waals surface area contributed by atoms with Crippen LogP contribution in [0.15, 0.2) is 67.1 Å². The highest BCUT2D eigenvalue weighted by molar-refractivity contribution is 5.84. The maximum Gasteiger partial charge on any atom is 0.194 e. The number of nitrogens with zero attached hydrogens (tertiary/aromatic N) is 6. The Labute approximate surface area is 224 Å². The summed E-state index contributed by atoms with van der Waals surface area (Å²) in [4.78, 5) is 0. The molecule has 1 aliphatic heterocycles. The van der Waals surface area contributed by atoms with Crippen molar-refractivity contribution in [3.8, 4) is 16.9 Å². The number of hydrogen-bond acceptors (Lipinski definition) is 8. The molecule has 1 saturated heterocycles. The monoisotopic (exact) mass is 552 g/mol. The summed E-state index contributed by atoms with van der Waals surface area (Å²) in [6, 6.07) is 13.9. The number of aliphatic hydroxyl groups is 3. The van der Waals surface area contributed by atoms with Gasteiger partial charge in [0.15, 0.2) is 23.3 Å². The van der Waals surface area contributed by atoms with E-state index in [0.717, 1.165) is 27.6 Å². The van der Waals surface area contributed by atoms with Crippen molar-refractivity contribution in [2.75, 3.05) is 6.61 Å². The SMILES string of the molecule is OCC[C@H]1O[C@@H](c2nncn2-c2ccc3ccccc3c2)[C@H](O)[C@@H](n2cc(-c3cc(F)c(F)c(F)c3)nn2)[C@H]1O. The Balaban J connectivity index is 1.37. The smallest absolute Gasteiger partial charge is 0.194 e. The Kier molecular flexibility index (Phi) is 6.80. The molecule has 0 radical (unpaired) electrons. The highest BCUT2D eigenvalue weighted by Gasteiger charge is 2.48. The third-order valence-electron chi connectivity index (χ3n) is 7.06. The van der Waals surface area contributed by atoms with E-state index < -0.39 is 47.9 Å². The van der Waals surface area contributed by atoms with Crippen molar-refractivity contribution in [3.63, 3.8) is 0 Å². The van der Waals surface area contributed by atoms with Gasteiger partial charge in [0, 0.05) is 17.9 Å². The fraction of sp³-hybridized carbons (Fsp3) is 0.259. The lowest BCUT2D eigenvalue weighted by atomic mass is 9.90. The van der Waals surface area contributed by atoms with E-state index >= 15 is 0 Å². The molecular formula is C27H23F3N6O4. The van der Waals surface area contributed by atoms with Gasteiger partial charge in [-0.15, -0.1) is 15.3 Å². The molecule has 2 aromatic heterocycles. The van der Waals surface area contributed by atoms with Crippen LogP contribution in [0.25, 0.3) is 27.7 Å². The topological polar surface area (TPSA) is 131 Å². The van der Waals surface area contributed by atoms with Gasteiger partial charge in [-0.1, -0.05) is 35.5 Å². The van der Waals surface area contributed by atoms with E-state index in [1.165, 1.54) is 12.5 Å². The second-order valence-electron chi connectivity index (χ2n) is 9.51. The van der Waals surface area contributed by atoms with Crippen LogP contribution < -0.4 is 0 Å². The van der Waals surface area contributed by atoms with Crippen molar-refractivity contribution in [3.05, 3.63) is 90.4 Å². The van der Waals surface area contributed by atoms with Crippen molar-refractivity contribution in [1.82, 2.24) is 29.8 Å². The summed E-state index contributed by atoms with van der Waals surface area (Å²) in [7, 11) is 0. The van der Waals surface area contributed by atoms with Gasteiger partial charge in [-0.3, -0.25) is 4.57 Å². The van der Waals surface area contributed by atoms with E-state index in [1.807, 2.05) is 42.5 Å². The van der Waals surface area contributed by atoms with Crippen LogP contribution in [-0.2, 0) is 4.74 Å². The lowest BCUT2D eigenvalue weighted by molar-refractivity contribution is -0.205. The lowest BCUT2D eigenvalue weighted by Gasteiger charge is -2.42. The van der Waals surface area contributed by atoms with Gasteiger partial charge in [0.1, 0.15) is 36.4 Å². The second-order valence-corrected chi connectivity index (χ2v) is 9.51. The molecule has 0 spiro atoms. The normalized spacial score (nSPS) is 23.1. The lowest BCUT2D eigenvalue weighted by Crippen LogP contribution is -2.52. The predicted molar refractivity (Wildman–Crippen MR) is 135 cm³/mol. The minimum atomic E-state index is -1.61. The van der Waals surface area contributed by atoms with Crippen molar-refractivity contribution in [2.24, 2.45) is 0 Å². The number of rotatable bonds is 6. The molecule has 5 atom stereocenters. The molecule has 13 heteroatoms. The van der Waals surface area contributed by atoms with Crippen molar-refractivity contribution >= 4 is 10.8 Å². The van der Waals surface area contributed by atoms with Gasteiger partial charge in [0.05, 0.1) is 12.3 Å². The molecule has 0 aliphatic carbocycles. The Morgan fingerprint density at radius 1 is 0.900 bits per heavy atom. The first-order chi connectivity index (χ1) is 19.4. The zero-order valence-electron chi connectivity index (χ0n) is 20.7. The molecule has 3 N–H and O–H groups in total. The molecule has 6 rings (SSSR count). The van der Waals surface area contributed by atoms with Crippen LogP contribution in [0.3, 0.4) is 0 Å². The third-order valence-corrected chi connectivity index (χ3v) is 7.06. The van der Waals surface area contributed by atoms with Crippen LogP contribution in [0.5, 0.6) is 0 Å². The van der Waals surface area contributed by atoms with E-state index in [4.69, 9.17) is 4.74 Å². The number of aromatic nitrogens is 6. The molecule has 0 amide bonds. The van der Waals surface area contributed by atoms with Crippen LogP contribution >= 0.6 is 0 Å². The van der Waals surface area contributed by atoms with Gasteiger partial charge in [0.25, 0.3) is 0 Å². The number of halogens is 3. The molecule has 206 valence electrons. The van der Waals surface area contributed by atoms with E-state index in [1.54, 1.807) is 4.57 Å². The molecule has 0 unspecified atom stereocenters. The van der Waals surface area contributed by atoms with Crippen LogP contribution in [0.2, 0.25) is 0 Å². The van der Waals surface area contributed by atoms with Crippen LogP contribution in [-0.4, -0.2) is 70.0 Å². The van der Waals surface area contributed by atoms with Crippen LogP contribution in [0, 0.1) is 17.5 Å². The predicted octanol–water partition coefficient (Wildman–Crippen LogP) is 2.88. The fourth-order valence-corrected chi connectivity index (χ4v) is 5.06. The minimum Gasteiger partial charge on any atom is -0.396 e. The quantitative estimate of drug-likeness (QED) is 0.274. The van der Waals surface area contributed by atoms with Gasteiger partial charge >= 0.3 is 0 Å². The molecule has 40 heavy (non-hydrogen) atoms. The number of benzene rings is 3. The van der Waals surface area contributed by atoms with Gasteiger partial charge in [-0.25, -0.2) is 17.9 Å². The fourth-order valence-electron chi connectivity index (χ4n) is 5.06. The molecule has 10 nitrogen and oxygen atoms in total.